The first kappa shape index (κ1) is 14.5. The molecule has 1 aliphatic carbocycles. The highest BCUT2D eigenvalue weighted by atomic mass is 19.1. The van der Waals surface area contributed by atoms with Gasteiger partial charge in [-0.05, 0) is 41.8 Å². The van der Waals surface area contributed by atoms with E-state index in [0.29, 0.717) is 12.0 Å². The largest absolute Gasteiger partial charge is 0.310 e. The molecule has 1 N–H and O–H groups in total. The van der Waals surface area contributed by atoms with E-state index >= 15 is 0 Å². The third-order valence-corrected chi connectivity index (χ3v) is 5.02. The van der Waals surface area contributed by atoms with Crippen molar-refractivity contribution in [2.45, 2.75) is 39.2 Å². The molecule has 0 bridgehead atoms. The minimum atomic E-state index is -0.121. The standard InChI is InChI=1S/C19H24FN/c1-3-21-19(14-10-6-7-13(14)2)17-11-12-18(20)16-9-5-4-8-15(16)17/h4-5,8-9,11-14,19,21H,3,6-7,10H2,1-2H3. The van der Waals surface area contributed by atoms with Gasteiger partial charge in [0, 0.05) is 11.4 Å². The van der Waals surface area contributed by atoms with Gasteiger partial charge in [-0.1, -0.05) is 57.0 Å². The second kappa shape index (κ2) is 6.15. The summed E-state index contributed by atoms with van der Waals surface area (Å²) in [7, 11) is 0. The Hall–Kier alpha value is -1.41. The molecule has 3 unspecified atom stereocenters. The number of halogens is 1. The molecular formula is C19H24FN. The van der Waals surface area contributed by atoms with E-state index in [9.17, 15) is 4.39 Å². The Morgan fingerprint density at radius 1 is 1.14 bits per heavy atom. The van der Waals surface area contributed by atoms with Gasteiger partial charge in [-0.3, -0.25) is 0 Å². The molecule has 21 heavy (non-hydrogen) atoms. The smallest absolute Gasteiger partial charge is 0.131 e. The van der Waals surface area contributed by atoms with Crippen LogP contribution in [0.25, 0.3) is 10.8 Å². The summed E-state index contributed by atoms with van der Waals surface area (Å²) in [6.07, 6.45) is 3.89. The Morgan fingerprint density at radius 2 is 1.90 bits per heavy atom. The van der Waals surface area contributed by atoms with Gasteiger partial charge in [-0.15, -0.1) is 0 Å². The Labute approximate surface area is 126 Å². The summed E-state index contributed by atoms with van der Waals surface area (Å²) in [6.45, 7) is 5.45. The van der Waals surface area contributed by atoms with Crippen molar-refractivity contribution >= 4 is 10.8 Å². The van der Waals surface area contributed by atoms with Crippen LogP contribution in [0, 0.1) is 17.7 Å². The van der Waals surface area contributed by atoms with E-state index in [1.165, 1.54) is 24.8 Å². The van der Waals surface area contributed by atoms with E-state index in [2.05, 4.69) is 25.2 Å². The van der Waals surface area contributed by atoms with Gasteiger partial charge in [0.05, 0.1) is 0 Å². The van der Waals surface area contributed by atoms with Crippen LogP contribution in [0.5, 0.6) is 0 Å². The Morgan fingerprint density at radius 3 is 2.57 bits per heavy atom. The summed E-state index contributed by atoms with van der Waals surface area (Å²) >= 11 is 0. The van der Waals surface area contributed by atoms with Crippen molar-refractivity contribution in [3.8, 4) is 0 Å². The fourth-order valence-corrected chi connectivity index (χ4v) is 3.94. The highest BCUT2D eigenvalue weighted by Crippen LogP contribution is 2.42. The minimum absolute atomic E-state index is 0.121. The molecule has 0 heterocycles. The number of fused-ring (bicyclic) bond motifs is 1. The van der Waals surface area contributed by atoms with Gasteiger partial charge in [0.25, 0.3) is 0 Å². The van der Waals surface area contributed by atoms with Gasteiger partial charge < -0.3 is 5.32 Å². The van der Waals surface area contributed by atoms with Crippen LogP contribution in [0.4, 0.5) is 4.39 Å². The third kappa shape index (κ3) is 2.69. The van der Waals surface area contributed by atoms with Crippen LogP contribution in [-0.4, -0.2) is 6.54 Å². The normalized spacial score (nSPS) is 23.6. The van der Waals surface area contributed by atoms with Crippen molar-refractivity contribution in [2.75, 3.05) is 6.54 Å². The average molecular weight is 285 g/mol. The lowest BCUT2D eigenvalue weighted by atomic mass is 9.84. The van der Waals surface area contributed by atoms with Gasteiger partial charge in [0.1, 0.15) is 5.82 Å². The molecule has 2 aromatic carbocycles. The highest BCUT2D eigenvalue weighted by molar-refractivity contribution is 5.86. The molecule has 3 atom stereocenters. The second-order valence-corrected chi connectivity index (χ2v) is 6.29. The molecule has 0 amide bonds. The van der Waals surface area contributed by atoms with Crippen LogP contribution in [-0.2, 0) is 0 Å². The van der Waals surface area contributed by atoms with E-state index in [1.54, 1.807) is 6.07 Å². The number of benzene rings is 2. The van der Waals surface area contributed by atoms with Crippen LogP contribution in [0.1, 0.15) is 44.7 Å². The van der Waals surface area contributed by atoms with Gasteiger partial charge in [0.15, 0.2) is 0 Å². The molecule has 1 fully saturated rings. The van der Waals surface area contributed by atoms with E-state index in [1.807, 2.05) is 24.3 Å². The molecule has 1 aliphatic rings. The van der Waals surface area contributed by atoms with Crippen LogP contribution in [0.3, 0.4) is 0 Å². The van der Waals surface area contributed by atoms with E-state index in [-0.39, 0.29) is 5.82 Å². The molecule has 1 saturated carbocycles. The Kier molecular flexibility index (Phi) is 4.25. The lowest BCUT2D eigenvalue weighted by molar-refractivity contribution is 0.307. The predicted octanol–water partition coefficient (Wildman–Crippen LogP) is 5.07. The molecule has 1 nitrogen and oxygen atoms in total. The molecule has 2 aromatic rings. The lowest BCUT2D eigenvalue weighted by Crippen LogP contribution is -2.29. The van der Waals surface area contributed by atoms with Crippen LogP contribution in [0.15, 0.2) is 36.4 Å². The molecule has 0 aliphatic heterocycles. The average Bonchev–Trinajstić information content (AvgIpc) is 2.92. The molecule has 2 heteroatoms. The van der Waals surface area contributed by atoms with Crippen molar-refractivity contribution in [1.82, 2.24) is 5.32 Å². The molecule has 112 valence electrons. The number of rotatable bonds is 4. The Bertz CT molecular complexity index is 622. The summed E-state index contributed by atoms with van der Waals surface area (Å²) in [5.41, 5.74) is 1.26. The van der Waals surface area contributed by atoms with Crippen molar-refractivity contribution < 1.29 is 4.39 Å². The maximum atomic E-state index is 14.0. The van der Waals surface area contributed by atoms with Crippen molar-refractivity contribution in [2.24, 2.45) is 11.8 Å². The molecule has 3 rings (SSSR count). The number of nitrogens with one attached hydrogen (secondary N) is 1. The van der Waals surface area contributed by atoms with Gasteiger partial charge in [-0.25, -0.2) is 4.39 Å². The first-order valence-electron chi connectivity index (χ1n) is 8.13. The second-order valence-electron chi connectivity index (χ2n) is 6.29. The zero-order valence-corrected chi connectivity index (χ0v) is 12.9. The van der Waals surface area contributed by atoms with Crippen LogP contribution >= 0.6 is 0 Å². The van der Waals surface area contributed by atoms with Crippen molar-refractivity contribution in [3.63, 3.8) is 0 Å². The van der Waals surface area contributed by atoms with Crippen LogP contribution in [0.2, 0.25) is 0 Å². The maximum absolute atomic E-state index is 14.0. The predicted molar refractivity (Wildman–Crippen MR) is 86.8 cm³/mol. The number of hydrogen-bond acceptors (Lipinski definition) is 1. The minimum Gasteiger partial charge on any atom is -0.310 e. The van der Waals surface area contributed by atoms with E-state index < -0.39 is 0 Å². The summed E-state index contributed by atoms with van der Waals surface area (Å²) in [6, 6.07) is 11.8. The van der Waals surface area contributed by atoms with Crippen molar-refractivity contribution in [1.29, 1.82) is 0 Å². The summed E-state index contributed by atoms with van der Waals surface area (Å²) in [4.78, 5) is 0. The third-order valence-electron chi connectivity index (χ3n) is 5.02. The summed E-state index contributed by atoms with van der Waals surface area (Å²) < 4.78 is 14.0. The molecule has 0 aromatic heterocycles. The van der Waals surface area contributed by atoms with Gasteiger partial charge >= 0.3 is 0 Å². The molecule has 0 spiro atoms. The quantitative estimate of drug-likeness (QED) is 0.827. The fraction of sp³-hybridized carbons (Fsp3) is 0.474. The number of hydrogen-bond donors (Lipinski definition) is 1. The van der Waals surface area contributed by atoms with E-state index in [4.69, 9.17) is 0 Å². The SMILES string of the molecule is CCNC(c1ccc(F)c2ccccc12)C1CCCC1C. The van der Waals surface area contributed by atoms with Crippen molar-refractivity contribution in [3.05, 3.63) is 47.8 Å². The fourth-order valence-electron chi connectivity index (χ4n) is 3.94. The first-order valence-corrected chi connectivity index (χ1v) is 8.13. The first-order chi connectivity index (χ1) is 10.2. The molecule has 0 radical (unpaired) electrons. The summed E-state index contributed by atoms with van der Waals surface area (Å²) in [5, 5.41) is 5.46. The molecular weight excluding hydrogens is 261 g/mol. The van der Waals surface area contributed by atoms with Crippen LogP contribution < -0.4 is 5.32 Å². The topological polar surface area (TPSA) is 12.0 Å². The lowest BCUT2D eigenvalue weighted by Gasteiger charge is -2.29. The Balaban J connectivity index is 2.09. The monoisotopic (exact) mass is 285 g/mol. The van der Waals surface area contributed by atoms with Gasteiger partial charge in [-0.2, -0.15) is 0 Å². The maximum Gasteiger partial charge on any atom is 0.131 e. The van der Waals surface area contributed by atoms with E-state index in [0.717, 1.165) is 23.2 Å². The zero-order valence-electron chi connectivity index (χ0n) is 12.9. The van der Waals surface area contributed by atoms with Gasteiger partial charge in [0.2, 0.25) is 0 Å². The summed E-state index contributed by atoms with van der Waals surface area (Å²) in [5.74, 6) is 1.26. The molecule has 0 saturated heterocycles. The zero-order chi connectivity index (χ0) is 14.8. The highest BCUT2D eigenvalue weighted by Gasteiger charge is 2.32.